The highest BCUT2D eigenvalue weighted by Crippen LogP contribution is 2.20. The number of rotatable bonds is 7. The Bertz CT molecular complexity index is 209. The summed E-state index contributed by atoms with van der Waals surface area (Å²) in [6.45, 7) is 3.21. The van der Waals surface area contributed by atoms with Gasteiger partial charge in [-0.15, -0.1) is 12.4 Å². The summed E-state index contributed by atoms with van der Waals surface area (Å²) in [7, 11) is 0. The van der Waals surface area contributed by atoms with Crippen molar-refractivity contribution in [3.8, 4) is 0 Å². The van der Waals surface area contributed by atoms with Gasteiger partial charge < -0.3 is 15.8 Å². The molecule has 3 N–H and O–H groups in total. The molecule has 0 aromatic carbocycles. The van der Waals surface area contributed by atoms with Crippen LogP contribution in [-0.2, 0) is 9.53 Å². The summed E-state index contributed by atoms with van der Waals surface area (Å²) in [5.41, 5.74) is 5.68. The third-order valence-electron chi connectivity index (χ3n) is 2.99. The molecule has 0 saturated heterocycles. The van der Waals surface area contributed by atoms with Gasteiger partial charge in [0.2, 0.25) is 5.91 Å². The van der Waals surface area contributed by atoms with Crippen molar-refractivity contribution in [1.82, 2.24) is 5.32 Å². The summed E-state index contributed by atoms with van der Waals surface area (Å²) in [6, 6.07) is -0.364. The summed E-state index contributed by atoms with van der Waals surface area (Å²) >= 11 is 0. The van der Waals surface area contributed by atoms with Crippen LogP contribution < -0.4 is 11.1 Å². The van der Waals surface area contributed by atoms with Crippen LogP contribution in [0.25, 0.3) is 0 Å². The molecule has 0 aromatic rings. The van der Waals surface area contributed by atoms with Gasteiger partial charge in [-0.3, -0.25) is 4.79 Å². The van der Waals surface area contributed by atoms with Crippen molar-refractivity contribution >= 4 is 18.3 Å². The molecule has 1 aliphatic carbocycles. The highest BCUT2D eigenvalue weighted by Gasteiger charge is 2.15. The molecule has 5 heteroatoms. The maximum atomic E-state index is 11.4. The normalized spacial score (nSPS) is 17.5. The molecule has 0 bridgehead atoms. The Morgan fingerprint density at radius 3 is 2.71 bits per heavy atom. The number of nitrogens with one attached hydrogen (secondary N) is 1. The summed E-state index contributed by atoms with van der Waals surface area (Å²) < 4.78 is 5.64. The Morgan fingerprint density at radius 2 is 2.12 bits per heavy atom. The van der Waals surface area contributed by atoms with Crippen molar-refractivity contribution in [2.24, 2.45) is 5.73 Å². The van der Waals surface area contributed by atoms with Gasteiger partial charge in [0, 0.05) is 6.54 Å². The van der Waals surface area contributed by atoms with E-state index in [2.05, 4.69) is 5.32 Å². The number of nitrogens with two attached hydrogens (primary N) is 1. The quantitative estimate of drug-likeness (QED) is 0.687. The molecule has 1 saturated carbocycles. The first-order valence-electron chi connectivity index (χ1n) is 6.39. The molecule has 4 nitrogen and oxygen atoms in total. The first-order valence-corrected chi connectivity index (χ1v) is 6.39. The van der Waals surface area contributed by atoms with Crippen molar-refractivity contribution < 1.29 is 9.53 Å². The molecule has 0 spiro atoms. The lowest BCUT2D eigenvalue weighted by atomic mass is 10.2. The second kappa shape index (κ2) is 9.68. The van der Waals surface area contributed by atoms with Gasteiger partial charge in [-0.2, -0.15) is 0 Å². The predicted octanol–water partition coefficient (Wildman–Crippen LogP) is 1.61. The maximum absolute atomic E-state index is 11.4. The van der Waals surface area contributed by atoms with E-state index in [0.717, 1.165) is 12.8 Å². The fourth-order valence-electron chi connectivity index (χ4n) is 2.03. The molecule has 1 aliphatic rings. The molecule has 102 valence electrons. The number of halogens is 1. The zero-order valence-corrected chi connectivity index (χ0v) is 11.4. The first-order chi connectivity index (χ1) is 7.74. The largest absolute Gasteiger partial charge is 0.376 e. The minimum atomic E-state index is -0.364. The van der Waals surface area contributed by atoms with Crippen LogP contribution in [0.2, 0.25) is 0 Å². The smallest absolute Gasteiger partial charge is 0.236 e. The van der Waals surface area contributed by atoms with E-state index in [1.807, 2.05) is 6.92 Å². The van der Waals surface area contributed by atoms with Gasteiger partial charge in [0.25, 0.3) is 0 Å². The van der Waals surface area contributed by atoms with E-state index in [4.69, 9.17) is 10.5 Å². The summed E-state index contributed by atoms with van der Waals surface area (Å²) in [5.74, 6) is -0.0585. The molecule has 1 rings (SSSR count). The fourth-order valence-corrected chi connectivity index (χ4v) is 2.03. The Labute approximate surface area is 110 Å². The SMILES string of the molecule is CCCC(N)C(=O)NCCOC1CCCC1.Cl. The number of hydrogen-bond acceptors (Lipinski definition) is 3. The second-order valence-corrected chi connectivity index (χ2v) is 4.46. The average Bonchev–Trinajstić information content (AvgIpc) is 2.77. The van der Waals surface area contributed by atoms with Crippen molar-refractivity contribution in [2.45, 2.75) is 57.6 Å². The van der Waals surface area contributed by atoms with E-state index in [1.54, 1.807) is 0 Å². The number of hydrogen-bond donors (Lipinski definition) is 2. The molecule has 0 aromatic heterocycles. The van der Waals surface area contributed by atoms with E-state index in [0.29, 0.717) is 19.3 Å². The molecule has 0 aliphatic heterocycles. The van der Waals surface area contributed by atoms with E-state index in [-0.39, 0.29) is 24.4 Å². The topological polar surface area (TPSA) is 64.4 Å². The molecule has 17 heavy (non-hydrogen) atoms. The van der Waals surface area contributed by atoms with Crippen LogP contribution in [0.4, 0.5) is 0 Å². The highest BCUT2D eigenvalue weighted by atomic mass is 35.5. The summed E-state index contributed by atoms with van der Waals surface area (Å²) in [4.78, 5) is 11.4. The van der Waals surface area contributed by atoms with Gasteiger partial charge >= 0.3 is 0 Å². The number of amides is 1. The number of ether oxygens (including phenoxy) is 1. The third kappa shape index (κ3) is 6.86. The lowest BCUT2D eigenvalue weighted by Gasteiger charge is -2.13. The van der Waals surface area contributed by atoms with Crippen LogP contribution in [-0.4, -0.2) is 31.2 Å². The zero-order valence-electron chi connectivity index (χ0n) is 10.6. The van der Waals surface area contributed by atoms with Crippen LogP contribution in [0.3, 0.4) is 0 Å². The Kier molecular flexibility index (Phi) is 9.50. The van der Waals surface area contributed by atoms with Crippen molar-refractivity contribution in [1.29, 1.82) is 0 Å². The van der Waals surface area contributed by atoms with Crippen LogP contribution in [0, 0.1) is 0 Å². The van der Waals surface area contributed by atoms with E-state index < -0.39 is 0 Å². The minimum absolute atomic E-state index is 0. The van der Waals surface area contributed by atoms with Crippen molar-refractivity contribution in [3.05, 3.63) is 0 Å². The van der Waals surface area contributed by atoms with E-state index in [9.17, 15) is 4.79 Å². The van der Waals surface area contributed by atoms with Crippen molar-refractivity contribution in [2.75, 3.05) is 13.2 Å². The maximum Gasteiger partial charge on any atom is 0.236 e. The molecule has 1 atom stereocenters. The molecule has 1 amide bonds. The van der Waals surface area contributed by atoms with Gasteiger partial charge in [-0.1, -0.05) is 26.2 Å². The highest BCUT2D eigenvalue weighted by molar-refractivity contribution is 5.85. The monoisotopic (exact) mass is 264 g/mol. The van der Waals surface area contributed by atoms with Crippen LogP contribution in [0.15, 0.2) is 0 Å². The summed E-state index contributed by atoms with van der Waals surface area (Å²) in [5, 5.41) is 2.80. The average molecular weight is 265 g/mol. The molecular formula is C12H25ClN2O2. The van der Waals surface area contributed by atoms with Gasteiger partial charge in [0.15, 0.2) is 0 Å². The lowest BCUT2D eigenvalue weighted by Crippen LogP contribution is -2.41. The number of carbonyl (C=O) groups is 1. The summed E-state index contributed by atoms with van der Waals surface area (Å²) in [6.07, 6.45) is 6.99. The third-order valence-corrected chi connectivity index (χ3v) is 2.99. The van der Waals surface area contributed by atoms with Gasteiger partial charge in [-0.05, 0) is 19.3 Å². The van der Waals surface area contributed by atoms with Crippen LogP contribution in [0.1, 0.15) is 45.4 Å². The number of carbonyl (C=O) groups excluding carboxylic acids is 1. The van der Waals surface area contributed by atoms with Crippen molar-refractivity contribution in [3.63, 3.8) is 0 Å². The van der Waals surface area contributed by atoms with Gasteiger partial charge in [0.05, 0.1) is 18.8 Å². The van der Waals surface area contributed by atoms with E-state index in [1.165, 1.54) is 25.7 Å². The minimum Gasteiger partial charge on any atom is -0.376 e. The predicted molar refractivity (Wildman–Crippen MR) is 71.3 cm³/mol. The standard InChI is InChI=1S/C12H24N2O2.ClH/c1-2-5-11(13)12(15)14-8-9-16-10-6-3-4-7-10;/h10-11H,2-9,13H2,1H3,(H,14,15);1H. The fraction of sp³-hybridized carbons (Fsp3) is 0.917. The second-order valence-electron chi connectivity index (χ2n) is 4.46. The lowest BCUT2D eigenvalue weighted by molar-refractivity contribution is -0.122. The Balaban J connectivity index is 0.00000256. The Hall–Kier alpha value is -0.320. The van der Waals surface area contributed by atoms with Crippen LogP contribution >= 0.6 is 12.4 Å². The molecule has 1 fully saturated rings. The van der Waals surface area contributed by atoms with Gasteiger partial charge in [0.1, 0.15) is 0 Å². The van der Waals surface area contributed by atoms with Crippen LogP contribution in [0.5, 0.6) is 0 Å². The Morgan fingerprint density at radius 1 is 1.47 bits per heavy atom. The molecule has 0 heterocycles. The van der Waals surface area contributed by atoms with Gasteiger partial charge in [-0.25, -0.2) is 0 Å². The molecule has 1 unspecified atom stereocenters. The molecule has 0 radical (unpaired) electrons. The zero-order chi connectivity index (χ0) is 11.8. The molecular weight excluding hydrogens is 240 g/mol. The van der Waals surface area contributed by atoms with E-state index >= 15 is 0 Å². The first kappa shape index (κ1) is 16.7.